The third-order valence-electron chi connectivity index (χ3n) is 2.46. The van der Waals surface area contributed by atoms with E-state index in [-0.39, 0.29) is 17.9 Å². The molecule has 1 aromatic carbocycles. The van der Waals surface area contributed by atoms with E-state index < -0.39 is 16.9 Å². The number of carbonyl (C=O) groups excluding carboxylic acids is 2. The zero-order valence-corrected chi connectivity index (χ0v) is 8.99. The van der Waals surface area contributed by atoms with Crippen molar-refractivity contribution in [1.82, 2.24) is 4.90 Å². The Kier molecular flexibility index (Phi) is 2.51. The number of anilines is 1. The van der Waals surface area contributed by atoms with E-state index in [2.05, 4.69) is 0 Å². The van der Waals surface area contributed by atoms with Gasteiger partial charge in [-0.2, -0.15) is 0 Å². The minimum atomic E-state index is -0.617. The summed E-state index contributed by atoms with van der Waals surface area (Å²) in [5.41, 5.74) is -0.249. The van der Waals surface area contributed by atoms with Crippen LogP contribution in [-0.2, 0) is 4.79 Å². The lowest BCUT2D eigenvalue weighted by molar-refractivity contribution is -0.384. The van der Waals surface area contributed by atoms with Crippen molar-refractivity contribution in [2.75, 3.05) is 18.5 Å². The number of likely N-dealkylation sites (N-methyl/N-ethyl adjacent to an activating group) is 1. The van der Waals surface area contributed by atoms with Gasteiger partial charge in [-0.15, -0.1) is 0 Å². The van der Waals surface area contributed by atoms with E-state index in [1.807, 2.05) is 0 Å². The van der Waals surface area contributed by atoms with Crippen LogP contribution in [0.4, 0.5) is 16.2 Å². The van der Waals surface area contributed by atoms with Crippen molar-refractivity contribution >= 4 is 23.3 Å². The van der Waals surface area contributed by atoms with E-state index in [4.69, 9.17) is 0 Å². The molecule has 0 N–H and O–H groups in total. The smallest absolute Gasteiger partial charge is 0.318 e. The van der Waals surface area contributed by atoms with Crippen LogP contribution in [0.5, 0.6) is 0 Å². The van der Waals surface area contributed by atoms with E-state index >= 15 is 0 Å². The number of hydrogen-bond donors (Lipinski definition) is 0. The Labute approximate surface area is 96.4 Å². The highest BCUT2D eigenvalue weighted by atomic mass is 16.6. The maximum absolute atomic E-state index is 11.7. The van der Waals surface area contributed by atoms with Crippen molar-refractivity contribution in [3.05, 3.63) is 34.4 Å². The van der Waals surface area contributed by atoms with Crippen molar-refractivity contribution in [1.29, 1.82) is 0 Å². The number of nitrogens with zero attached hydrogens (tertiary/aromatic N) is 3. The molecule has 1 saturated heterocycles. The number of imide groups is 1. The molecule has 0 spiro atoms. The molecule has 1 heterocycles. The highest BCUT2D eigenvalue weighted by Gasteiger charge is 2.38. The SMILES string of the molecule is CN1CC(=O)N(c2ccccc2[N+](=O)[O-])C1=O. The molecule has 0 saturated carbocycles. The fraction of sp³-hybridized carbons (Fsp3) is 0.200. The summed E-state index contributed by atoms with van der Waals surface area (Å²) < 4.78 is 0. The molecule has 2 rings (SSSR count). The topological polar surface area (TPSA) is 83.8 Å². The first kappa shape index (κ1) is 11.1. The van der Waals surface area contributed by atoms with Gasteiger partial charge in [0.1, 0.15) is 12.2 Å². The third-order valence-corrected chi connectivity index (χ3v) is 2.46. The van der Waals surface area contributed by atoms with E-state index in [1.54, 1.807) is 6.07 Å². The molecule has 1 fully saturated rings. The lowest BCUT2D eigenvalue weighted by atomic mass is 10.2. The summed E-state index contributed by atoms with van der Waals surface area (Å²) in [6, 6.07) is 5.11. The van der Waals surface area contributed by atoms with Crippen LogP contribution >= 0.6 is 0 Å². The van der Waals surface area contributed by atoms with Crippen molar-refractivity contribution < 1.29 is 14.5 Å². The summed E-state index contributed by atoms with van der Waals surface area (Å²) in [5.74, 6) is -0.466. The Balaban J connectivity index is 2.51. The molecule has 1 aromatic rings. The van der Waals surface area contributed by atoms with E-state index in [9.17, 15) is 19.7 Å². The number of carbonyl (C=O) groups is 2. The Bertz CT molecular complexity index is 514. The van der Waals surface area contributed by atoms with Gasteiger partial charge in [0.15, 0.2) is 0 Å². The zero-order chi connectivity index (χ0) is 12.6. The fourth-order valence-corrected chi connectivity index (χ4v) is 1.66. The van der Waals surface area contributed by atoms with Gasteiger partial charge in [0.05, 0.1) is 4.92 Å². The predicted octanol–water partition coefficient (Wildman–Crippen LogP) is 0.993. The molecule has 3 amide bonds. The number of urea groups is 1. The fourth-order valence-electron chi connectivity index (χ4n) is 1.66. The number of para-hydroxylation sites is 2. The first-order valence-corrected chi connectivity index (χ1v) is 4.84. The number of hydrogen-bond acceptors (Lipinski definition) is 4. The van der Waals surface area contributed by atoms with Crippen LogP contribution in [0.1, 0.15) is 0 Å². The van der Waals surface area contributed by atoms with Crippen LogP contribution in [0.2, 0.25) is 0 Å². The van der Waals surface area contributed by atoms with Gasteiger partial charge in [0.2, 0.25) is 0 Å². The van der Waals surface area contributed by atoms with Gasteiger partial charge in [0, 0.05) is 13.1 Å². The largest absolute Gasteiger partial charge is 0.331 e. The molecule has 0 aromatic heterocycles. The molecule has 0 bridgehead atoms. The maximum atomic E-state index is 11.7. The highest BCUT2D eigenvalue weighted by Crippen LogP contribution is 2.30. The average Bonchev–Trinajstić information content (AvgIpc) is 2.53. The lowest BCUT2D eigenvalue weighted by Gasteiger charge is -2.13. The predicted molar refractivity (Wildman–Crippen MR) is 58.6 cm³/mol. The van der Waals surface area contributed by atoms with Gasteiger partial charge in [-0.05, 0) is 6.07 Å². The van der Waals surface area contributed by atoms with Crippen LogP contribution in [0, 0.1) is 10.1 Å². The van der Waals surface area contributed by atoms with Gasteiger partial charge < -0.3 is 4.90 Å². The second-order valence-electron chi connectivity index (χ2n) is 3.61. The van der Waals surface area contributed by atoms with Gasteiger partial charge >= 0.3 is 6.03 Å². The second kappa shape index (κ2) is 3.85. The Hall–Kier alpha value is -2.44. The molecule has 7 heteroatoms. The van der Waals surface area contributed by atoms with Crippen molar-refractivity contribution in [2.24, 2.45) is 0 Å². The van der Waals surface area contributed by atoms with Crippen LogP contribution in [0.15, 0.2) is 24.3 Å². The summed E-state index contributed by atoms with van der Waals surface area (Å²) in [5, 5.41) is 10.8. The van der Waals surface area contributed by atoms with E-state index in [0.717, 1.165) is 4.90 Å². The number of amides is 3. The standard InChI is InChI=1S/C10H9N3O4/c1-11-6-9(14)12(10(11)15)7-4-2-3-5-8(7)13(16)17/h2-5H,6H2,1H3. The quantitative estimate of drug-likeness (QED) is 0.434. The van der Waals surface area contributed by atoms with Gasteiger partial charge in [0.25, 0.3) is 11.6 Å². The Morgan fingerprint density at radius 3 is 2.47 bits per heavy atom. The summed E-state index contributed by atoms with van der Waals surface area (Å²) in [4.78, 5) is 35.5. The molecular formula is C10H9N3O4. The molecule has 0 unspecified atom stereocenters. The van der Waals surface area contributed by atoms with Crippen LogP contribution in [0.3, 0.4) is 0 Å². The van der Waals surface area contributed by atoms with Crippen molar-refractivity contribution in [3.63, 3.8) is 0 Å². The summed E-state index contributed by atoms with van der Waals surface area (Å²) in [6.07, 6.45) is 0. The van der Waals surface area contributed by atoms with E-state index in [0.29, 0.717) is 0 Å². The highest BCUT2D eigenvalue weighted by molar-refractivity contribution is 6.20. The van der Waals surface area contributed by atoms with Crippen molar-refractivity contribution in [2.45, 2.75) is 0 Å². The molecule has 0 atom stereocenters. The first-order chi connectivity index (χ1) is 8.02. The number of nitro groups is 1. The monoisotopic (exact) mass is 235 g/mol. The van der Waals surface area contributed by atoms with Crippen LogP contribution in [-0.4, -0.2) is 35.4 Å². The maximum Gasteiger partial charge on any atom is 0.331 e. The summed E-state index contributed by atoms with van der Waals surface area (Å²) in [7, 11) is 1.47. The summed E-state index contributed by atoms with van der Waals surface area (Å²) >= 11 is 0. The zero-order valence-electron chi connectivity index (χ0n) is 8.99. The molecule has 7 nitrogen and oxygen atoms in total. The first-order valence-electron chi connectivity index (χ1n) is 4.84. The molecule has 1 aliphatic heterocycles. The van der Waals surface area contributed by atoms with Crippen LogP contribution in [0.25, 0.3) is 0 Å². The molecular weight excluding hydrogens is 226 g/mol. The van der Waals surface area contributed by atoms with Gasteiger partial charge in [-0.25, -0.2) is 9.69 Å². The van der Waals surface area contributed by atoms with Crippen molar-refractivity contribution in [3.8, 4) is 0 Å². The number of benzene rings is 1. The molecule has 88 valence electrons. The average molecular weight is 235 g/mol. The summed E-state index contributed by atoms with van der Waals surface area (Å²) in [6.45, 7) is -0.0646. The number of nitro benzene ring substituents is 1. The normalized spacial score (nSPS) is 15.6. The Morgan fingerprint density at radius 1 is 1.29 bits per heavy atom. The lowest BCUT2D eigenvalue weighted by Crippen LogP contribution is -2.31. The van der Waals surface area contributed by atoms with Gasteiger partial charge in [-0.1, -0.05) is 12.1 Å². The molecule has 0 aliphatic carbocycles. The Morgan fingerprint density at radius 2 is 1.94 bits per heavy atom. The minimum Gasteiger partial charge on any atom is -0.318 e. The molecule has 1 aliphatic rings. The van der Waals surface area contributed by atoms with Crippen LogP contribution < -0.4 is 4.90 Å². The van der Waals surface area contributed by atoms with Gasteiger partial charge in [-0.3, -0.25) is 14.9 Å². The minimum absolute atomic E-state index is 0.0110. The molecule has 0 radical (unpaired) electrons. The third kappa shape index (κ3) is 1.71. The second-order valence-corrected chi connectivity index (χ2v) is 3.61. The van der Waals surface area contributed by atoms with E-state index in [1.165, 1.54) is 30.1 Å². The molecule has 17 heavy (non-hydrogen) atoms. The number of rotatable bonds is 2.